The van der Waals surface area contributed by atoms with Crippen molar-refractivity contribution in [1.29, 1.82) is 0 Å². The van der Waals surface area contributed by atoms with E-state index in [0.29, 0.717) is 40.0 Å². The topological polar surface area (TPSA) is 88.5 Å². The zero-order chi connectivity index (χ0) is 19.2. The lowest BCUT2D eigenvalue weighted by Crippen LogP contribution is -2.26. The van der Waals surface area contributed by atoms with Gasteiger partial charge in [-0.05, 0) is 52.3 Å². The third-order valence-corrected chi connectivity index (χ3v) is 4.29. The van der Waals surface area contributed by atoms with Crippen molar-refractivity contribution in [3.8, 4) is 11.3 Å². The fraction of sp³-hybridized carbons (Fsp3) is 0.400. The Morgan fingerprint density at radius 1 is 1.31 bits per heavy atom. The minimum Gasteiger partial charge on any atom is -0.455 e. The molecule has 0 saturated carbocycles. The summed E-state index contributed by atoms with van der Waals surface area (Å²) in [4.78, 5) is 12.9. The number of hydrogen-bond acceptors (Lipinski definition) is 5. The van der Waals surface area contributed by atoms with E-state index in [1.165, 1.54) is 0 Å². The Balaban J connectivity index is 2.22. The van der Waals surface area contributed by atoms with Crippen LogP contribution in [0.25, 0.3) is 22.3 Å². The molecule has 0 saturated heterocycles. The zero-order valence-corrected chi connectivity index (χ0v) is 15.7. The lowest BCUT2D eigenvalue weighted by atomic mass is 10.0. The second kappa shape index (κ2) is 6.37. The predicted molar refractivity (Wildman–Crippen MR) is 100 cm³/mol. The van der Waals surface area contributed by atoms with Gasteiger partial charge in [0.15, 0.2) is 5.43 Å². The normalized spacial score (nSPS) is 13.3. The molecule has 6 nitrogen and oxygen atoms in total. The van der Waals surface area contributed by atoms with Gasteiger partial charge in [0.05, 0.1) is 35.4 Å². The first kappa shape index (κ1) is 18.4. The fourth-order valence-electron chi connectivity index (χ4n) is 3.12. The van der Waals surface area contributed by atoms with E-state index in [1.807, 2.05) is 13.0 Å². The molecule has 0 spiro atoms. The summed E-state index contributed by atoms with van der Waals surface area (Å²) >= 11 is 0. The van der Waals surface area contributed by atoms with Crippen molar-refractivity contribution in [2.75, 3.05) is 0 Å². The number of hydrogen-bond donors (Lipinski definition) is 2. The van der Waals surface area contributed by atoms with Crippen LogP contribution < -0.4 is 5.43 Å². The van der Waals surface area contributed by atoms with Gasteiger partial charge in [0.2, 0.25) is 0 Å². The van der Waals surface area contributed by atoms with Crippen molar-refractivity contribution >= 4 is 11.0 Å². The number of aliphatic hydroxyl groups excluding tert-OH is 1. The molecule has 1 aromatic carbocycles. The Morgan fingerprint density at radius 3 is 2.62 bits per heavy atom. The number of rotatable bonds is 4. The molecule has 0 bridgehead atoms. The van der Waals surface area contributed by atoms with Crippen molar-refractivity contribution in [2.45, 2.75) is 52.9 Å². The van der Waals surface area contributed by atoms with Gasteiger partial charge < -0.3 is 14.6 Å². The van der Waals surface area contributed by atoms with Crippen LogP contribution >= 0.6 is 0 Å². The van der Waals surface area contributed by atoms with Crippen molar-refractivity contribution in [3.05, 3.63) is 51.4 Å². The monoisotopic (exact) mass is 356 g/mol. The largest absolute Gasteiger partial charge is 0.455 e. The quantitative estimate of drug-likeness (QED) is 0.750. The van der Waals surface area contributed by atoms with E-state index in [1.54, 1.807) is 50.8 Å². The molecule has 3 rings (SSSR count). The molecule has 0 aliphatic rings. The molecule has 2 heterocycles. The van der Waals surface area contributed by atoms with Crippen LogP contribution in [-0.2, 0) is 6.54 Å². The summed E-state index contributed by atoms with van der Waals surface area (Å²) in [7, 11) is 0. The highest BCUT2D eigenvalue weighted by Crippen LogP contribution is 2.30. The van der Waals surface area contributed by atoms with Crippen molar-refractivity contribution in [2.24, 2.45) is 0 Å². The molecule has 1 atom stereocenters. The molecule has 0 unspecified atom stereocenters. The molecule has 0 radical (unpaired) electrons. The number of nitrogens with zero attached hydrogens (tertiary/aromatic N) is 2. The van der Waals surface area contributed by atoms with Gasteiger partial charge in [-0.15, -0.1) is 0 Å². The molecule has 26 heavy (non-hydrogen) atoms. The number of aromatic nitrogens is 2. The van der Waals surface area contributed by atoms with Crippen LogP contribution in [0.5, 0.6) is 0 Å². The highest BCUT2D eigenvalue weighted by atomic mass is 16.3. The minimum atomic E-state index is -0.903. The van der Waals surface area contributed by atoms with E-state index in [4.69, 9.17) is 4.42 Å². The first-order valence-corrected chi connectivity index (χ1v) is 8.58. The first-order valence-electron chi connectivity index (χ1n) is 8.58. The number of aliphatic hydroxyl groups is 2. The molecule has 0 fully saturated rings. The molecule has 0 amide bonds. The Kier molecular flexibility index (Phi) is 4.50. The molecule has 6 heteroatoms. The van der Waals surface area contributed by atoms with E-state index in [0.717, 1.165) is 5.56 Å². The summed E-state index contributed by atoms with van der Waals surface area (Å²) in [5, 5.41) is 24.8. The van der Waals surface area contributed by atoms with Crippen LogP contribution in [0.1, 0.15) is 43.6 Å². The number of aryl methyl sites for hydroxylation is 1. The molecule has 138 valence electrons. The highest BCUT2D eigenvalue weighted by Gasteiger charge is 2.20. The van der Waals surface area contributed by atoms with Crippen LogP contribution in [0.4, 0.5) is 0 Å². The van der Waals surface area contributed by atoms with E-state index < -0.39 is 11.7 Å². The molecular formula is C20H24N2O4. The van der Waals surface area contributed by atoms with Gasteiger partial charge >= 0.3 is 0 Å². The second-order valence-corrected chi connectivity index (χ2v) is 7.53. The van der Waals surface area contributed by atoms with Crippen molar-refractivity contribution < 1.29 is 14.6 Å². The maximum atomic E-state index is 12.9. The molecule has 0 aliphatic carbocycles. The summed E-state index contributed by atoms with van der Waals surface area (Å²) in [6, 6.07) is 3.61. The molecule has 2 N–H and O–H groups in total. The van der Waals surface area contributed by atoms with Gasteiger partial charge in [0, 0.05) is 17.3 Å². The van der Waals surface area contributed by atoms with Gasteiger partial charge in [0.1, 0.15) is 11.3 Å². The Hall–Kier alpha value is -2.44. The maximum absolute atomic E-state index is 12.9. The van der Waals surface area contributed by atoms with Crippen molar-refractivity contribution in [3.63, 3.8) is 0 Å². The second-order valence-electron chi connectivity index (χ2n) is 7.53. The van der Waals surface area contributed by atoms with Crippen LogP contribution in [0.2, 0.25) is 0 Å². The lowest BCUT2D eigenvalue weighted by molar-refractivity contribution is 0.0577. The smallest absolute Gasteiger partial charge is 0.196 e. The summed E-state index contributed by atoms with van der Waals surface area (Å²) in [5.41, 5.74) is 1.99. The molecular weight excluding hydrogens is 332 g/mol. The first-order chi connectivity index (χ1) is 12.1. The van der Waals surface area contributed by atoms with Gasteiger partial charge in [-0.3, -0.25) is 9.48 Å². The van der Waals surface area contributed by atoms with Crippen LogP contribution in [0, 0.1) is 13.8 Å². The Bertz CT molecular complexity index is 1020. The molecule has 3 aromatic rings. The average Bonchev–Trinajstić information content (AvgIpc) is 2.96. The predicted octanol–water partition coefficient (Wildman–Crippen LogP) is 3.10. The summed E-state index contributed by atoms with van der Waals surface area (Å²) < 4.78 is 7.69. The van der Waals surface area contributed by atoms with Gasteiger partial charge in [-0.2, -0.15) is 5.10 Å². The molecule has 2 aromatic heterocycles. The number of fused-ring (bicyclic) bond motifs is 1. The standard InChI is InChI=1S/C20H24N2O4/c1-11-6-15(13(3)23)19-16(7-11)17(24)12(2)18(26-19)14-8-21-22(9-14)10-20(4,5)25/h6-9,13,23,25H,10H2,1-5H3/t13-/m0/s1. The molecule has 0 aliphatic heterocycles. The summed E-state index contributed by atoms with van der Waals surface area (Å²) in [5.74, 6) is 0.426. The van der Waals surface area contributed by atoms with E-state index in [-0.39, 0.29) is 5.43 Å². The summed E-state index contributed by atoms with van der Waals surface area (Å²) in [6.45, 7) is 8.98. The maximum Gasteiger partial charge on any atom is 0.196 e. The Labute approximate surface area is 151 Å². The van der Waals surface area contributed by atoms with Crippen LogP contribution in [-0.4, -0.2) is 25.6 Å². The Morgan fingerprint density at radius 2 is 2.00 bits per heavy atom. The van der Waals surface area contributed by atoms with Gasteiger partial charge in [0.25, 0.3) is 0 Å². The van der Waals surface area contributed by atoms with Crippen LogP contribution in [0.3, 0.4) is 0 Å². The third-order valence-electron chi connectivity index (χ3n) is 4.29. The third kappa shape index (κ3) is 3.43. The highest BCUT2D eigenvalue weighted by molar-refractivity contribution is 5.84. The van der Waals surface area contributed by atoms with Crippen LogP contribution in [0.15, 0.2) is 33.7 Å². The van der Waals surface area contributed by atoms with Crippen molar-refractivity contribution in [1.82, 2.24) is 9.78 Å². The van der Waals surface area contributed by atoms with E-state index in [2.05, 4.69) is 5.10 Å². The number of benzene rings is 1. The SMILES string of the molecule is Cc1cc([C@H](C)O)c2oc(-c3cnn(CC(C)(C)O)c3)c(C)c(=O)c2c1. The van der Waals surface area contributed by atoms with E-state index >= 15 is 0 Å². The lowest BCUT2D eigenvalue weighted by Gasteiger charge is -2.16. The van der Waals surface area contributed by atoms with Gasteiger partial charge in [-0.25, -0.2) is 0 Å². The zero-order valence-electron chi connectivity index (χ0n) is 15.7. The minimum absolute atomic E-state index is 0.123. The summed E-state index contributed by atoms with van der Waals surface area (Å²) in [6.07, 6.45) is 2.60. The fourth-order valence-corrected chi connectivity index (χ4v) is 3.12. The van der Waals surface area contributed by atoms with E-state index in [9.17, 15) is 15.0 Å². The van der Waals surface area contributed by atoms with Gasteiger partial charge in [-0.1, -0.05) is 0 Å². The average molecular weight is 356 g/mol.